The average Bonchev–Trinajstić information content (AvgIpc) is 2.88. The molecule has 36 heavy (non-hydrogen) atoms. The minimum atomic E-state index is -0.606. The highest BCUT2D eigenvalue weighted by Gasteiger charge is 2.30. The number of carbonyl (C=O) groups excluding carboxylic acids is 2. The van der Waals surface area contributed by atoms with Crippen LogP contribution in [0.5, 0.6) is 0 Å². The van der Waals surface area contributed by atoms with Crippen molar-refractivity contribution in [3.63, 3.8) is 0 Å². The molecular formula is C29H32Br2N2O2S. The first-order chi connectivity index (χ1) is 17.4. The third kappa shape index (κ3) is 9.09. The third-order valence-corrected chi connectivity index (χ3v) is 7.99. The summed E-state index contributed by atoms with van der Waals surface area (Å²) in [5.74, 6) is 0.874. The maximum atomic E-state index is 13.7. The lowest BCUT2D eigenvalue weighted by Crippen LogP contribution is -2.52. The van der Waals surface area contributed by atoms with Gasteiger partial charge in [0.2, 0.25) is 11.8 Å². The smallest absolute Gasteiger partial charge is 0.243 e. The third-order valence-electron chi connectivity index (χ3n) is 5.95. The fourth-order valence-electron chi connectivity index (χ4n) is 3.70. The van der Waals surface area contributed by atoms with Crippen molar-refractivity contribution >= 4 is 55.4 Å². The van der Waals surface area contributed by atoms with Crippen LogP contribution in [-0.2, 0) is 28.3 Å². The maximum absolute atomic E-state index is 13.7. The molecule has 0 fully saturated rings. The molecule has 3 aromatic rings. The Hall–Kier alpha value is -2.09. The predicted octanol–water partition coefficient (Wildman–Crippen LogP) is 7.00. The summed E-state index contributed by atoms with van der Waals surface area (Å²) < 4.78 is 2.01. The number of halogens is 2. The molecule has 0 spiro atoms. The highest BCUT2D eigenvalue weighted by molar-refractivity contribution is 9.10. The lowest BCUT2D eigenvalue weighted by atomic mass is 10.0. The molecule has 0 saturated heterocycles. The maximum Gasteiger partial charge on any atom is 0.243 e. The molecule has 0 radical (unpaired) electrons. The van der Waals surface area contributed by atoms with E-state index in [2.05, 4.69) is 49.3 Å². The van der Waals surface area contributed by atoms with Crippen LogP contribution in [0.3, 0.4) is 0 Å². The molecule has 0 aromatic heterocycles. The number of nitrogens with zero attached hydrogens (tertiary/aromatic N) is 1. The van der Waals surface area contributed by atoms with Gasteiger partial charge >= 0.3 is 0 Å². The van der Waals surface area contributed by atoms with Gasteiger partial charge in [0.05, 0.1) is 5.75 Å². The van der Waals surface area contributed by atoms with E-state index in [4.69, 9.17) is 0 Å². The minimum Gasteiger partial charge on any atom is -0.352 e. The average molecular weight is 632 g/mol. The summed E-state index contributed by atoms with van der Waals surface area (Å²) in [6, 6.07) is 25.4. The Balaban J connectivity index is 1.84. The Bertz CT molecular complexity index is 1110. The van der Waals surface area contributed by atoms with Crippen LogP contribution in [-0.4, -0.2) is 34.6 Å². The number of nitrogens with one attached hydrogen (secondary N) is 1. The Morgan fingerprint density at radius 2 is 1.44 bits per heavy atom. The molecule has 0 aliphatic carbocycles. The van der Waals surface area contributed by atoms with Crippen molar-refractivity contribution in [1.82, 2.24) is 10.2 Å². The number of hydrogen-bond donors (Lipinski definition) is 1. The van der Waals surface area contributed by atoms with Crippen LogP contribution < -0.4 is 5.32 Å². The molecular weight excluding hydrogens is 600 g/mol. The highest BCUT2D eigenvalue weighted by atomic mass is 79.9. The molecule has 7 heteroatoms. The van der Waals surface area contributed by atoms with Crippen molar-refractivity contribution < 1.29 is 9.59 Å². The molecule has 4 nitrogen and oxygen atoms in total. The standard InChI is InChI=1S/C29H32Br2N2O2S/c1-3-21(2)32-29(35)27(17-22-7-5-4-6-8-22)33(18-23-9-13-25(30)14-10-23)28(34)20-36-19-24-11-15-26(31)16-12-24/h4-16,21,27H,3,17-20H2,1-2H3,(H,32,35)/t21-,27-/m1/s1. The predicted molar refractivity (Wildman–Crippen MR) is 157 cm³/mol. The first-order valence-corrected chi connectivity index (χ1v) is 14.8. The van der Waals surface area contributed by atoms with E-state index in [-0.39, 0.29) is 17.9 Å². The van der Waals surface area contributed by atoms with Crippen molar-refractivity contribution in [3.05, 3.63) is 104 Å². The van der Waals surface area contributed by atoms with E-state index in [0.717, 1.165) is 37.8 Å². The SMILES string of the molecule is CC[C@@H](C)NC(=O)[C@@H](Cc1ccccc1)N(Cc1ccc(Br)cc1)C(=O)CSCc1ccc(Br)cc1. The number of rotatable bonds is 12. The van der Waals surface area contributed by atoms with Crippen molar-refractivity contribution in [2.24, 2.45) is 0 Å². The zero-order chi connectivity index (χ0) is 25.9. The fourth-order valence-corrected chi connectivity index (χ4v) is 5.10. The Morgan fingerprint density at radius 1 is 0.861 bits per heavy atom. The largest absolute Gasteiger partial charge is 0.352 e. The first-order valence-electron chi connectivity index (χ1n) is 12.1. The zero-order valence-electron chi connectivity index (χ0n) is 20.6. The van der Waals surface area contributed by atoms with Gasteiger partial charge in [-0.25, -0.2) is 0 Å². The van der Waals surface area contributed by atoms with E-state index < -0.39 is 6.04 Å². The monoisotopic (exact) mass is 630 g/mol. The van der Waals surface area contributed by atoms with E-state index in [0.29, 0.717) is 18.7 Å². The van der Waals surface area contributed by atoms with Crippen LogP contribution in [0.1, 0.15) is 37.0 Å². The lowest BCUT2D eigenvalue weighted by Gasteiger charge is -2.32. The normalized spacial score (nSPS) is 12.6. The van der Waals surface area contributed by atoms with Crippen molar-refractivity contribution in [2.45, 2.75) is 51.1 Å². The zero-order valence-corrected chi connectivity index (χ0v) is 24.6. The number of carbonyl (C=O) groups is 2. The van der Waals surface area contributed by atoms with Crippen LogP contribution >= 0.6 is 43.6 Å². The van der Waals surface area contributed by atoms with Crippen LogP contribution in [0.15, 0.2) is 87.8 Å². The number of thioether (sulfide) groups is 1. The molecule has 3 rings (SSSR count). The first kappa shape index (κ1) is 28.5. The topological polar surface area (TPSA) is 49.4 Å². The van der Waals surface area contributed by atoms with Gasteiger partial charge < -0.3 is 10.2 Å². The van der Waals surface area contributed by atoms with E-state index in [9.17, 15) is 9.59 Å². The van der Waals surface area contributed by atoms with Gasteiger partial charge in [-0.3, -0.25) is 9.59 Å². The van der Waals surface area contributed by atoms with Gasteiger partial charge in [0.25, 0.3) is 0 Å². The second kappa shape index (κ2) is 14.6. The van der Waals surface area contributed by atoms with Crippen LogP contribution in [0, 0.1) is 0 Å². The molecule has 2 atom stereocenters. The van der Waals surface area contributed by atoms with Gasteiger partial charge in [-0.15, -0.1) is 11.8 Å². The van der Waals surface area contributed by atoms with E-state index in [1.807, 2.05) is 80.6 Å². The Labute approximate surface area is 235 Å². The summed E-state index contributed by atoms with van der Waals surface area (Å²) in [5.41, 5.74) is 3.17. The molecule has 0 saturated carbocycles. The molecule has 3 aromatic carbocycles. The summed E-state index contributed by atoms with van der Waals surface area (Å²) in [6.07, 6.45) is 1.29. The molecule has 0 heterocycles. The van der Waals surface area contributed by atoms with Gasteiger partial charge in [-0.1, -0.05) is 93.4 Å². The highest BCUT2D eigenvalue weighted by Crippen LogP contribution is 2.20. The second-order valence-corrected chi connectivity index (χ2v) is 11.6. The molecule has 0 aliphatic rings. The lowest BCUT2D eigenvalue weighted by molar-refractivity contribution is -0.139. The van der Waals surface area contributed by atoms with Crippen molar-refractivity contribution in [2.75, 3.05) is 5.75 Å². The van der Waals surface area contributed by atoms with Gasteiger partial charge in [0, 0.05) is 33.7 Å². The van der Waals surface area contributed by atoms with Crippen LogP contribution in [0.4, 0.5) is 0 Å². The minimum absolute atomic E-state index is 0.0344. The molecule has 0 unspecified atom stereocenters. The Kier molecular flexibility index (Phi) is 11.5. The van der Waals surface area contributed by atoms with Gasteiger partial charge in [-0.05, 0) is 54.3 Å². The van der Waals surface area contributed by atoms with Crippen LogP contribution in [0.25, 0.3) is 0 Å². The van der Waals surface area contributed by atoms with E-state index in [1.54, 1.807) is 16.7 Å². The summed E-state index contributed by atoms with van der Waals surface area (Å²) in [7, 11) is 0. The quantitative estimate of drug-likeness (QED) is 0.234. The molecule has 0 bridgehead atoms. The summed E-state index contributed by atoms with van der Waals surface area (Å²) in [6.45, 7) is 4.41. The fraction of sp³-hybridized carbons (Fsp3) is 0.310. The van der Waals surface area contributed by atoms with Crippen molar-refractivity contribution in [1.29, 1.82) is 0 Å². The van der Waals surface area contributed by atoms with Gasteiger partial charge in [0.1, 0.15) is 6.04 Å². The summed E-state index contributed by atoms with van der Waals surface area (Å²) in [5, 5.41) is 3.12. The van der Waals surface area contributed by atoms with Crippen LogP contribution in [0.2, 0.25) is 0 Å². The molecule has 190 valence electrons. The van der Waals surface area contributed by atoms with E-state index in [1.165, 1.54) is 0 Å². The Morgan fingerprint density at radius 3 is 2.03 bits per heavy atom. The molecule has 1 N–H and O–H groups in total. The van der Waals surface area contributed by atoms with Gasteiger partial charge in [0.15, 0.2) is 0 Å². The number of benzene rings is 3. The summed E-state index contributed by atoms with van der Waals surface area (Å²) >= 11 is 8.51. The summed E-state index contributed by atoms with van der Waals surface area (Å²) in [4.78, 5) is 28.9. The van der Waals surface area contributed by atoms with Crippen molar-refractivity contribution in [3.8, 4) is 0 Å². The second-order valence-electron chi connectivity index (χ2n) is 8.79. The van der Waals surface area contributed by atoms with E-state index >= 15 is 0 Å². The van der Waals surface area contributed by atoms with Gasteiger partial charge in [-0.2, -0.15) is 0 Å². The number of hydrogen-bond acceptors (Lipinski definition) is 3. The number of amides is 2. The molecule has 2 amide bonds. The molecule has 0 aliphatic heterocycles.